The van der Waals surface area contributed by atoms with Gasteiger partial charge in [0.05, 0.1) is 0 Å². The van der Waals surface area contributed by atoms with Gasteiger partial charge in [0.15, 0.2) is 0 Å². The molecule has 0 aliphatic heterocycles. The highest BCUT2D eigenvalue weighted by Gasteiger charge is 1.99. The standard InChI is InChI=1S/C8H16O2/c1-7(6-9)4-3-5-8(2)10/h7,9H,3-6H2,1-2H3/t7-/m0/s1. The summed E-state index contributed by atoms with van der Waals surface area (Å²) in [6, 6.07) is 0. The van der Waals surface area contributed by atoms with E-state index in [1.165, 1.54) is 0 Å². The molecule has 0 amide bonds. The molecular weight excluding hydrogens is 128 g/mol. The summed E-state index contributed by atoms with van der Waals surface area (Å²) in [7, 11) is 0. The van der Waals surface area contributed by atoms with Crippen LogP contribution in [-0.4, -0.2) is 17.5 Å². The molecule has 2 nitrogen and oxygen atoms in total. The minimum absolute atomic E-state index is 0.234. The molecule has 0 spiro atoms. The number of hydrogen-bond donors (Lipinski definition) is 1. The van der Waals surface area contributed by atoms with Crippen LogP contribution in [0.2, 0.25) is 0 Å². The average Bonchev–Trinajstić information content (AvgIpc) is 1.87. The first-order valence-electron chi connectivity index (χ1n) is 3.77. The van der Waals surface area contributed by atoms with Gasteiger partial charge in [0.25, 0.3) is 0 Å². The van der Waals surface area contributed by atoms with Crippen LogP contribution in [0.1, 0.15) is 33.1 Å². The van der Waals surface area contributed by atoms with Crippen molar-refractivity contribution in [3.63, 3.8) is 0 Å². The lowest BCUT2D eigenvalue weighted by molar-refractivity contribution is -0.117. The van der Waals surface area contributed by atoms with Gasteiger partial charge in [-0.15, -0.1) is 0 Å². The Morgan fingerprint density at radius 2 is 2.20 bits per heavy atom. The Bertz CT molecular complexity index is 99.4. The third kappa shape index (κ3) is 5.76. The second kappa shape index (κ2) is 5.42. The molecular formula is C8H16O2. The second-order valence-corrected chi connectivity index (χ2v) is 2.88. The van der Waals surface area contributed by atoms with E-state index >= 15 is 0 Å². The van der Waals surface area contributed by atoms with E-state index in [-0.39, 0.29) is 12.4 Å². The molecule has 0 saturated heterocycles. The fraction of sp³-hybridized carbons (Fsp3) is 0.875. The second-order valence-electron chi connectivity index (χ2n) is 2.88. The maximum Gasteiger partial charge on any atom is 0.129 e. The summed E-state index contributed by atoms with van der Waals surface area (Å²) in [6.07, 6.45) is 2.53. The quantitative estimate of drug-likeness (QED) is 0.632. The lowest BCUT2D eigenvalue weighted by Crippen LogP contribution is -2.01. The topological polar surface area (TPSA) is 37.3 Å². The van der Waals surface area contributed by atoms with Crippen molar-refractivity contribution in [1.29, 1.82) is 0 Å². The molecule has 10 heavy (non-hydrogen) atoms. The SMILES string of the molecule is CC(=O)CCC[C@H](C)CO. The number of aliphatic hydroxyl groups is 1. The lowest BCUT2D eigenvalue weighted by atomic mass is 10.0. The van der Waals surface area contributed by atoms with E-state index in [1.54, 1.807) is 6.92 Å². The smallest absolute Gasteiger partial charge is 0.129 e. The maximum absolute atomic E-state index is 10.5. The number of carbonyl (C=O) groups excluding carboxylic acids is 1. The molecule has 0 bridgehead atoms. The third-order valence-corrected chi connectivity index (χ3v) is 1.54. The van der Waals surface area contributed by atoms with Gasteiger partial charge in [-0.05, 0) is 25.7 Å². The molecule has 0 unspecified atom stereocenters. The first kappa shape index (κ1) is 9.63. The van der Waals surface area contributed by atoms with Crippen molar-refractivity contribution in [2.75, 3.05) is 6.61 Å². The molecule has 0 saturated carbocycles. The van der Waals surface area contributed by atoms with E-state index in [0.29, 0.717) is 12.3 Å². The van der Waals surface area contributed by atoms with Crippen LogP contribution in [0.15, 0.2) is 0 Å². The molecule has 0 fully saturated rings. The lowest BCUT2D eigenvalue weighted by Gasteiger charge is -2.04. The van der Waals surface area contributed by atoms with Crippen LogP contribution >= 0.6 is 0 Å². The van der Waals surface area contributed by atoms with Crippen LogP contribution < -0.4 is 0 Å². The van der Waals surface area contributed by atoms with E-state index in [4.69, 9.17) is 5.11 Å². The van der Waals surface area contributed by atoms with Crippen LogP contribution in [0.3, 0.4) is 0 Å². The molecule has 0 aliphatic carbocycles. The van der Waals surface area contributed by atoms with E-state index in [9.17, 15) is 4.79 Å². The van der Waals surface area contributed by atoms with E-state index < -0.39 is 0 Å². The van der Waals surface area contributed by atoms with Gasteiger partial charge in [-0.3, -0.25) is 0 Å². The van der Waals surface area contributed by atoms with Gasteiger partial charge < -0.3 is 9.90 Å². The van der Waals surface area contributed by atoms with Crippen LogP contribution in [-0.2, 0) is 4.79 Å². The Labute approximate surface area is 62.2 Å². The number of aliphatic hydroxyl groups excluding tert-OH is 1. The Hall–Kier alpha value is -0.370. The molecule has 0 aromatic heterocycles. The van der Waals surface area contributed by atoms with Gasteiger partial charge in [0.2, 0.25) is 0 Å². The number of ketones is 1. The highest BCUT2D eigenvalue weighted by Crippen LogP contribution is 2.06. The molecule has 0 rings (SSSR count). The molecule has 0 heterocycles. The zero-order chi connectivity index (χ0) is 7.98. The van der Waals surface area contributed by atoms with Gasteiger partial charge in [0, 0.05) is 13.0 Å². The number of Topliss-reactive ketones (excluding diaryl/α,β-unsaturated/α-hetero) is 1. The first-order chi connectivity index (χ1) is 4.66. The molecule has 0 aromatic carbocycles. The van der Waals surface area contributed by atoms with Gasteiger partial charge in [-0.1, -0.05) is 6.92 Å². The largest absolute Gasteiger partial charge is 0.396 e. The average molecular weight is 144 g/mol. The highest BCUT2D eigenvalue weighted by molar-refractivity contribution is 5.75. The van der Waals surface area contributed by atoms with Gasteiger partial charge in [-0.2, -0.15) is 0 Å². The molecule has 1 atom stereocenters. The number of hydrogen-bond acceptors (Lipinski definition) is 2. The summed E-state index contributed by atoms with van der Waals surface area (Å²) in [5.41, 5.74) is 0. The molecule has 2 heteroatoms. The zero-order valence-corrected chi connectivity index (χ0v) is 6.76. The van der Waals surface area contributed by atoms with Gasteiger partial charge in [0.1, 0.15) is 5.78 Å². The predicted octanol–water partition coefficient (Wildman–Crippen LogP) is 1.37. The molecule has 0 aromatic rings. The third-order valence-electron chi connectivity index (χ3n) is 1.54. The van der Waals surface area contributed by atoms with Crippen LogP contribution in [0.5, 0.6) is 0 Å². The Kier molecular flexibility index (Phi) is 5.22. The molecule has 0 radical (unpaired) electrons. The van der Waals surface area contributed by atoms with E-state index in [2.05, 4.69) is 0 Å². The fourth-order valence-electron chi connectivity index (χ4n) is 0.791. The predicted molar refractivity (Wildman–Crippen MR) is 40.8 cm³/mol. The Morgan fingerprint density at radius 1 is 1.60 bits per heavy atom. The summed E-state index contributed by atoms with van der Waals surface area (Å²) in [4.78, 5) is 10.5. The number of carbonyl (C=O) groups is 1. The van der Waals surface area contributed by atoms with Crippen molar-refractivity contribution in [2.24, 2.45) is 5.92 Å². The van der Waals surface area contributed by atoms with Crippen molar-refractivity contribution in [3.8, 4) is 0 Å². The van der Waals surface area contributed by atoms with Crippen molar-refractivity contribution in [3.05, 3.63) is 0 Å². The number of rotatable bonds is 5. The van der Waals surface area contributed by atoms with Gasteiger partial charge in [-0.25, -0.2) is 0 Å². The highest BCUT2D eigenvalue weighted by atomic mass is 16.3. The fourth-order valence-corrected chi connectivity index (χ4v) is 0.791. The summed E-state index contributed by atoms with van der Waals surface area (Å²) < 4.78 is 0. The molecule has 1 N–H and O–H groups in total. The van der Waals surface area contributed by atoms with E-state index in [1.807, 2.05) is 6.92 Å². The van der Waals surface area contributed by atoms with Crippen LogP contribution in [0.4, 0.5) is 0 Å². The summed E-state index contributed by atoms with van der Waals surface area (Å²) in [5, 5.41) is 8.62. The van der Waals surface area contributed by atoms with E-state index in [0.717, 1.165) is 12.8 Å². The normalized spacial score (nSPS) is 13.1. The van der Waals surface area contributed by atoms with Gasteiger partial charge >= 0.3 is 0 Å². The maximum atomic E-state index is 10.5. The van der Waals surface area contributed by atoms with Crippen molar-refractivity contribution in [2.45, 2.75) is 33.1 Å². The molecule has 60 valence electrons. The minimum Gasteiger partial charge on any atom is -0.396 e. The van der Waals surface area contributed by atoms with Crippen molar-refractivity contribution >= 4 is 5.78 Å². The van der Waals surface area contributed by atoms with Crippen LogP contribution in [0, 0.1) is 5.92 Å². The van der Waals surface area contributed by atoms with Crippen molar-refractivity contribution in [1.82, 2.24) is 0 Å². The zero-order valence-electron chi connectivity index (χ0n) is 6.76. The Morgan fingerprint density at radius 3 is 2.60 bits per heavy atom. The summed E-state index contributed by atoms with van der Waals surface area (Å²) in [5.74, 6) is 0.587. The summed E-state index contributed by atoms with van der Waals surface area (Å²) >= 11 is 0. The monoisotopic (exact) mass is 144 g/mol. The minimum atomic E-state index is 0.234. The Balaban J connectivity index is 3.11. The van der Waals surface area contributed by atoms with Crippen LogP contribution in [0.25, 0.3) is 0 Å². The first-order valence-corrected chi connectivity index (χ1v) is 3.77. The summed E-state index contributed by atoms with van der Waals surface area (Å²) in [6.45, 7) is 3.82. The van der Waals surface area contributed by atoms with Crippen molar-refractivity contribution < 1.29 is 9.90 Å². The molecule has 0 aliphatic rings.